The smallest absolute Gasteiger partial charge is 0.226 e. The van der Waals surface area contributed by atoms with Crippen molar-refractivity contribution >= 4 is 37.8 Å². The molecule has 2 aliphatic carbocycles. The van der Waals surface area contributed by atoms with Gasteiger partial charge < -0.3 is 5.32 Å². The summed E-state index contributed by atoms with van der Waals surface area (Å²) in [7, 11) is 0. The number of hydrogen-bond acceptors (Lipinski definition) is 1. The lowest BCUT2D eigenvalue weighted by atomic mass is 9.59. The average Bonchev–Trinajstić information content (AvgIpc) is 2.14. The van der Waals surface area contributed by atoms with Crippen molar-refractivity contribution in [2.75, 3.05) is 0 Å². The van der Waals surface area contributed by atoms with Crippen molar-refractivity contribution in [1.82, 2.24) is 5.32 Å². The van der Waals surface area contributed by atoms with Gasteiger partial charge >= 0.3 is 0 Å². The zero-order chi connectivity index (χ0) is 9.16. The molecule has 2 fully saturated rings. The Balaban J connectivity index is 1.92. The van der Waals surface area contributed by atoms with Crippen LogP contribution in [0.5, 0.6) is 0 Å². The Labute approximate surface area is 93.4 Å². The van der Waals surface area contributed by atoms with Gasteiger partial charge in [0.25, 0.3) is 0 Å². The summed E-state index contributed by atoms with van der Waals surface area (Å²) in [5.41, 5.74) is 0. The minimum Gasteiger partial charge on any atom is -0.349 e. The first kappa shape index (κ1) is 8.48. The van der Waals surface area contributed by atoms with E-state index in [0.29, 0.717) is 27.5 Å². The van der Waals surface area contributed by atoms with Crippen molar-refractivity contribution in [3.63, 3.8) is 0 Å². The van der Waals surface area contributed by atoms with Crippen molar-refractivity contribution in [3.8, 4) is 0 Å². The van der Waals surface area contributed by atoms with Crippen LogP contribution in [0.3, 0.4) is 0 Å². The lowest BCUT2D eigenvalue weighted by Crippen LogP contribution is -2.69. The van der Waals surface area contributed by atoms with E-state index in [2.05, 4.69) is 49.3 Å². The van der Waals surface area contributed by atoms with E-state index in [0.717, 1.165) is 0 Å². The fourth-order valence-corrected chi connectivity index (χ4v) is 4.54. The zero-order valence-corrected chi connectivity index (χ0v) is 9.95. The predicted molar refractivity (Wildman–Crippen MR) is 57.0 cm³/mol. The molecule has 1 aliphatic heterocycles. The van der Waals surface area contributed by atoms with E-state index in [-0.39, 0.29) is 11.8 Å². The van der Waals surface area contributed by atoms with E-state index in [4.69, 9.17) is 0 Å². The molecule has 1 saturated heterocycles. The van der Waals surface area contributed by atoms with Crippen molar-refractivity contribution < 1.29 is 4.79 Å². The molecule has 70 valence electrons. The summed E-state index contributed by atoms with van der Waals surface area (Å²) in [6.45, 7) is 0. The van der Waals surface area contributed by atoms with Crippen molar-refractivity contribution in [2.24, 2.45) is 17.8 Å². The van der Waals surface area contributed by atoms with Crippen molar-refractivity contribution in [1.29, 1.82) is 0 Å². The van der Waals surface area contributed by atoms with Crippen molar-refractivity contribution in [2.45, 2.75) is 15.7 Å². The van der Waals surface area contributed by atoms with Gasteiger partial charge in [-0.1, -0.05) is 44.0 Å². The molecule has 0 unspecified atom stereocenters. The van der Waals surface area contributed by atoms with Crippen LogP contribution >= 0.6 is 31.9 Å². The summed E-state index contributed by atoms with van der Waals surface area (Å²) < 4.78 is 0. The van der Waals surface area contributed by atoms with Crippen LogP contribution < -0.4 is 5.32 Å². The van der Waals surface area contributed by atoms with Gasteiger partial charge in [0.1, 0.15) is 0 Å². The minimum absolute atomic E-state index is 0.230. The second-order valence-electron chi connectivity index (χ2n) is 3.99. The number of β-lactam (4-membered cyclic amide) rings is 1. The molecular weight excluding hydrogens is 298 g/mol. The standard InChI is InChI=1S/C9H9Br2NO/c10-7-3-1-2-4-6(9(13)12-4)5(3)8(7)11/h1-8H,(H,12,13)/t3-,4+,5-,6+,7+,8-/m1/s1. The highest BCUT2D eigenvalue weighted by Crippen LogP contribution is 2.54. The maximum atomic E-state index is 11.3. The summed E-state index contributed by atoms with van der Waals surface area (Å²) in [5.74, 6) is 1.52. The lowest BCUT2D eigenvalue weighted by molar-refractivity contribution is -0.139. The molecule has 0 radical (unpaired) electrons. The fraction of sp³-hybridized carbons (Fsp3) is 0.667. The highest BCUT2D eigenvalue weighted by molar-refractivity contribution is 9.12. The molecule has 2 nitrogen and oxygen atoms in total. The molecule has 3 aliphatic rings. The molecule has 0 spiro atoms. The third-order valence-corrected chi connectivity index (χ3v) is 6.51. The molecule has 0 aromatic carbocycles. The molecule has 3 rings (SSSR count). The number of allylic oxidation sites excluding steroid dienone is 1. The number of hydrogen-bond donors (Lipinski definition) is 1. The number of alkyl halides is 2. The van der Waals surface area contributed by atoms with Crippen LogP contribution in [-0.4, -0.2) is 21.6 Å². The number of rotatable bonds is 0. The van der Waals surface area contributed by atoms with E-state index >= 15 is 0 Å². The van der Waals surface area contributed by atoms with E-state index < -0.39 is 0 Å². The van der Waals surface area contributed by atoms with Crippen molar-refractivity contribution in [3.05, 3.63) is 12.2 Å². The largest absolute Gasteiger partial charge is 0.349 e. The Morgan fingerprint density at radius 1 is 1.23 bits per heavy atom. The molecule has 1 N–H and O–H groups in total. The molecule has 0 bridgehead atoms. The Bertz CT molecular complexity index is 304. The van der Waals surface area contributed by atoms with Gasteiger partial charge in [0.2, 0.25) is 5.91 Å². The van der Waals surface area contributed by atoms with Crippen LogP contribution in [0.1, 0.15) is 0 Å². The highest BCUT2D eigenvalue weighted by Gasteiger charge is 2.59. The molecule has 1 heterocycles. The third kappa shape index (κ3) is 0.911. The van der Waals surface area contributed by atoms with E-state index in [1.807, 2.05) is 0 Å². The Morgan fingerprint density at radius 3 is 2.69 bits per heavy atom. The fourth-order valence-electron chi connectivity index (χ4n) is 2.62. The summed E-state index contributed by atoms with van der Waals surface area (Å²) in [6.07, 6.45) is 4.38. The lowest BCUT2D eigenvalue weighted by Gasteiger charge is -2.56. The third-order valence-electron chi connectivity index (χ3n) is 3.44. The first-order valence-electron chi connectivity index (χ1n) is 4.47. The van der Waals surface area contributed by atoms with E-state index in [1.165, 1.54) is 0 Å². The minimum atomic E-state index is 0.230. The molecule has 1 amide bonds. The number of carbonyl (C=O) groups excluding carboxylic acids is 1. The van der Waals surface area contributed by atoms with E-state index in [1.54, 1.807) is 0 Å². The van der Waals surface area contributed by atoms with Crippen LogP contribution in [0.25, 0.3) is 0 Å². The van der Waals surface area contributed by atoms with Gasteiger partial charge in [-0.3, -0.25) is 4.79 Å². The number of amides is 1. The summed E-state index contributed by atoms with van der Waals surface area (Å²) in [4.78, 5) is 12.3. The molecule has 1 saturated carbocycles. The monoisotopic (exact) mass is 305 g/mol. The van der Waals surface area contributed by atoms with Crippen LogP contribution in [-0.2, 0) is 4.79 Å². The number of carbonyl (C=O) groups is 1. The molecule has 6 atom stereocenters. The number of nitrogens with one attached hydrogen (secondary N) is 1. The second kappa shape index (κ2) is 2.60. The van der Waals surface area contributed by atoms with E-state index in [9.17, 15) is 4.79 Å². The summed E-state index contributed by atoms with van der Waals surface area (Å²) >= 11 is 7.26. The average molecular weight is 307 g/mol. The van der Waals surface area contributed by atoms with Crippen LogP contribution in [0.2, 0.25) is 0 Å². The van der Waals surface area contributed by atoms with Crippen LogP contribution in [0.15, 0.2) is 12.2 Å². The Morgan fingerprint density at radius 2 is 2.00 bits per heavy atom. The van der Waals surface area contributed by atoms with Gasteiger partial charge in [0, 0.05) is 9.65 Å². The van der Waals surface area contributed by atoms with Gasteiger partial charge in [0.05, 0.1) is 12.0 Å². The van der Waals surface area contributed by atoms with Gasteiger partial charge in [-0.2, -0.15) is 0 Å². The van der Waals surface area contributed by atoms with Crippen LogP contribution in [0.4, 0.5) is 0 Å². The van der Waals surface area contributed by atoms with Gasteiger partial charge in [-0.25, -0.2) is 0 Å². The molecular formula is C9H9Br2NO. The molecule has 0 aromatic rings. The normalized spacial score (nSPS) is 56.9. The maximum absolute atomic E-state index is 11.3. The highest BCUT2D eigenvalue weighted by atomic mass is 79.9. The summed E-state index contributed by atoms with van der Waals surface area (Å²) in [6, 6.07) is 0.314. The number of fused-ring (bicyclic) bond motifs is 3. The maximum Gasteiger partial charge on any atom is 0.226 e. The SMILES string of the molecule is O=C1N[C@H]2C=C[C@H]3[C@H](Br)[C@H](Br)[C@H]3[C@@H]12. The summed E-state index contributed by atoms with van der Waals surface area (Å²) in [5, 5.41) is 2.90. The predicted octanol–water partition coefficient (Wildman–Crippen LogP) is 1.44. The molecule has 4 heteroatoms. The zero-order valence-electron chi connectivity index (χ0n) is 6.78. The van der Waals surface area contributed by atoms with Gasteiger partial charge in [-0.15, -0.1) is 0 Å². The van der Waals surface area contributed by atoms with Gasteiger partial charge in [0.15, 0.2) is 0 Å². The Hall–Kier alpha value is 0.170. The Kier molecular flexibility index (Phi) is 1.69. The quantitative estimate of drug-likeness (QED) is 0.410. The molecule has 0 aromatic heterocycles. The topological polar surface area (TPSA) is 29.1 Å². The van der Waals surface area contributed by atoms with Crippen LogP contribution in [0, 0.1) is 17.8 Å². The number of halogens is 2. The first-order chi connectivity index (χ1) is 6.20. The first-order valence-corrected chi connectivity index (χ1v) is 6.30. The molecule has 13 heavy (non-hydrogen) atoms. The van der Waals surface area contributed by atoms with Gasteiger partial charge in [-0.05, 0) is 11.8 Å². The second-order valence-corrected chi connectivity index (χ2v) is 6.10.